The molecular weight excluding hydrogens is 246 g/mol. The molecule has 1 unspecified atom stereocenters. The molecule has 0 amide bonds. The maximum absolute atomic E-state index is 5.62. The molecule has 0 aliphatic carbocycles. The molecule has 0 spiro atoms. The fourth-order valence-electron chi connectivity index (χ4n) is 1.80. The predicted molar refractivity (Wildman–Crippen MR) is 74.4 cm³/mol. The molecule has 1 aromatic heterocycles. The predicted octanol–water partition coefficient (Wildman–Crippen LogP) is 1.52. The molecule has 0 fully saturated rings. The summed E-state index contributed by atoms with van der Waals surface area (Å²) in [7, 11) is 0. The van der Waals surface area contributed by atoms with Crippen LogP contribution in [0.25, 0.3) is 5.69 Å². The first kappa shape index (κ1) is 13.1. The van der Waals surface area contributed by atoms with Gasteiger partial charge in [0.1, 0.15) is 0 Å². The molecule has 0 aliphatic rings. The van der Waals surface area contributed by atoms with E-state index in [1.165, 1.54) is 0 Å². The van der Waals surface area contributed by atoms with E-state index in [1.54, 1.807) is 18.0 Å². The summed E-state index contributed by atoms with van der Waals surface area (Å²) in [6.45, 7) is 0. The molecule has 0 radical (unpaired) electrons. The lowest BCUT2D eigenvalue weighted by Crippen LogP contribution is -2.30. The molecule has 2 aromatic rings. The summed E-state index contributed by atoms with van der Waals surface area (Å²) in [5.41, 5.74) is 4.81. The molecule has 2 rings (SSSR count). The number of thioether (sulfide) groups is 1. The van der Waals surface area contributed by atoms with Gasteiger partial charge < -0.3 is 0 Å². The fraction of sp³-hybridized carbons (Fsp3) is 0.333. The zero-order valence-electron chi connectivity index (χ0n) is 10.3. The third-order valence-electron chi connectivity index (χ3n) is 2.75. The average Bonchev–Trinajstić information content (AvgIpc) is 2.90. The van der Waals surface area contributed by atoms with Crippen LogP contribution in [-0.4, -0.2) is 27.0 Å². The van der Waals surface area contributed by atoms with Crippen molar-refractivity contribution in [3.05, 3.63) is 42.2 Å². The first-order valence-electron chi connectivity index (χ1n) is 5.78. The number of para-hydroxylation sites is 1. The Hall–Kier alpha value is -1.37. The van der Waals surface area contributed by atoms with E-state index < -0.39 is 0 Å². The van der Waals surface area contributed by atoms with Gasteiger partial charge in [-0.25, -0.2) is 4.68 Å². The molecular formula is C12H17N5S. The second-order valence-electron chi connectivity index (χ2n) is 3.91. The van der Waals surface area contributed by atoms with Gasteiger partial charge in [-0.15, -0.1) is 5.10 Å². The number of hydrogen-bond acceptors (Lipinski definition) is 5. The molecule has 1 aromatic carbocycles. The Bertz CT molecular complexity index is 470. The Balaban J connectivity index is 2.26. The van der Waals surface area contributed by atoms with Crippen LogP contribution < -0.4 is 11.3 Å². The van der Waals surface area contributed by atoms with Gasteiger partial charge in [0.2, 0.25) is 0 Å². The van der Waals surface area contributed by atoms with E-state index in [4.69, 9.17) is 5.84 Å². The Morgan fingerprint density at radius 1 is 1.39 bits per heavy atom. The van der Waals surface area contributed by atoms with Crippen molar-refractivity contribution < 1.29 is 0 Å². The molecule has 96 valence electrons. The number of hydrazine groups is 1. The van der Waals surface area contributed by atoms with Gasteiger partial charge in [0.15, 0.2) is 0 Å². The molecule has 6 heteroatoms. The molecule has 1 atom stereocenters. The molecule has 3 N–H and O–H groups in total. The summed E-state index contributed by atoms with van der Waals surface area (Å²) in [6, 6.07) is 10.0. The molecule has 5 nitrogen and oxygen atoms in total. The lowest BCUT2D eigenvalue weighted by atomic mass is 10.1. The van der Waals surface area contributed by atoms with Gasteiger partial charge >= 0.3 is 0 Å². The van der Waals surface area contributed by atoms with E-state index in [-0.39, 0.29) is 6.04 Å². The summed E-state index contributed by atoms with van der Waals surface area (Å²) < 4.78 is 1.82. The number of benzene rings is 1. The maximum atomic E-state index is 5.62. The zero-order valence-corrected chi connectivity index (χ0v) is 11.1. The largest absolute Gasteiger partial charge is 0.271 e. The van der Waals surface area contributed by atoms with Crippen molar-refractivity contribution in [2.24, 2.45) is 5.84 Å². The number of rotatable bonds is 6. The zero-order chi connectivity index (χ0) is 12.8. The van der Waals surface area contributed by atoms with Crippen LogP contribution >= 0.6 is 11.8 Å². The number of nitrogens with two attached hydrogens (primary N) is 1. The topological polar surface area (TPSA) is 68.8 Å². The third kappa shape index (κ3) is 2.90. The van der Waals surface area contributed by atoms with Crippen molar-refractivity contribution in [1.29, 1.82) is 0 Å². The van der Waals surface area contributed by atoms with Crippen molar-refractivity contribution in [2.45, 2.75) is 12.5 Å². The lowest BCUT2D eigenvalue weighted by Gasteiger charge is -2.16. The van der Waals surface area contributed by atoms with Crippen molar-refractivity contribution in [3.63, 3.8) is 0 Å². The molecule has 0 saturated heterocycles. The number of hydrogen-bond donors (Lipinski definition) is 2. The van der Waals surface area contributed by atoms with Crippen LogP contribution in [0.4, 0.5) is 0 Å². The minimum atomic E-state index is 0.0626. The Kier molecular flexibility index (Phi) is 4.74. The van der Waals surface area contributed by atoms with Gasteiger partial charge in [0.05, 0.1) is 23.6 Å². The van der Waals surface area contributed by atoms with Crippen molar-refractivity contribution >= 4 is 11.8 Å². The fourth-order valence-corrected chi connectivity index (χ4v) is 2.27. The van der Waals surface area contributed by atoms with E-state index in [0.29, 0.717) is 0 Å². The van der Waals surface area contributed by atoms with Gasteiger partial charge in [0, 0.05) is 0 Å². The summed E-state index contributed by atoms with van der Waals surface area (Å²) in [6.07, 6.45) is 4.79. The van der Waals surface area contributed by atoms with Crippen LogP contribution in [0, 0.1) is 0 Å². The van der Waals surface area contributed by atoms with E-state index in [1.807, 2.05) is 35.0 Å². The average molecular weight is 263 g/mol. The highest BCUT2D eigenvalue weighted by atomic mass is 32.2. The van der Waals surface area contributed by atoms with Crippen LogP contribution in [0.1, 0.15) is 18.2 Å². The van der Waals surface area contributed by atoms with Crippen LogP contribution in [-0.2, 0) is 0 Å². The van der Waals surface area contributed by atoms with E-state index in [2.05, 4.69) is 22.0 Å². The highest BCUT2D eigenvalue weighted by molar-refractivity contribution is 7.98. The van der Waals surface area contributed by atoms with Crippen LogP contribution in [0.3, 0.4) is 0 Å². The van der Waals surface area contributed by atoms with E-state index >= 15 is 0 Å². The Morgan fingerprint density at radius 3 is 2.83 bits per heavy atom. The number of nitrogens with one attached hydrogen (secondary N) is 1. The first-order valence-corrected chi connectivity index (χ1v) is 7.17. The van der Waals surface area contributed by atoms with Crippen LogP contribution in [0.15, 0.2) is 36.5 Å². The van der Waals surface area contributed by atoms with Gasteiger partial charge in [0.25, 0.3) is 0 Å². The van der Waals surface area contributed by atoms with Gasteiger partial charge in [-0.05, 0) is 30.6 Å². The monoisotopic (exact) mass is 263 g/mol. The second-order valence-corrected chi connectivity index (χ2v) is 4.89. The summed E-state index contributed by atoms with van der Waals surface area (Å²) in [5, 5.41) is 8.11. The number of aromatic nitrogens is 3. The Morgan fingerprint density at radius 2 is 2.17 bits per heavy atom. The highest BCUT2D eigenvalue weighted by Crippen LogP contribution is 2.19. The Labute approximate surface area is 111 Å². The smallest absolute Gasteiger partial charge is 0.0829 e. The van der Waals surface area contributed by atoms with Gasteiger partial charge in [-0.2, -0.15) is 11.8 Å². The number of nitrogens with zero attached hydrogens (tertiary/aromatic N) is 3. The van der Waals surface area contributed by atoms with E-state index in [0.717, 1.165) is 23.6 Å². The van der Waals surface area contributed by atoms with Crippen LogP contribution in [0.2, 0.25) is 0 Å². The first-order chi connectivity index (χ1) is 8.86. The molecule has 0 aliphatic heterocycles. The van der Waals surface area contributed by atoms with Gasteiger partial charge in [-0.1, -0.05) is 23.4 Å². The lowest BCUT2D eigenvalue weighted by molar-refractivity contribution is 0.514. The summed E-state index contributed by atoms with van der Waals surface area (Å²) >= 11 is 1.80. The van der Waals surface area contributed by atoms with Crippen LogP contribution in [0.5, 0.6) is 0 Å². The van der Waals surface area contributed by atoms with Crippen molar-refractivity contribution in [1.82, 2.24) is 20.4 Å². The second kappa shape index (κ2) is 6.53. The maximum Gasteiger partial charge on any atom is 0.0829 e. The van der Waals surface area contributed by atoms with Crippen molar-refractivity contribution in [3.8, 4) is 5.69 Å². The molecule has 0 saturated carbocycles. The third-order valence-corrected chi connectivity index (χ3v) is 3.39. The highest BCUT2D eigenvalue weighted by Gasteiger charge is 2.16. The minimum absolute atomic E-state index is 0.0626. The SMILES string of the molecule is CSCCC(NN)c1cnnn1-c1ccccc1. The van der Waals surface area contributed by atoms with Crippen molar-refractivity contribution in [2.75, 3.05) is 12.0 Å². The minimum Gasteiger partial charge on any atom is -0.271 e. The quantitative estimate of drug-likeness (QED) is 0.611. The summed E-state index contributed by atoms with van der Waals surface area (Å²) in [5.74, 6) is 6.66. The normalized spacial score (nSPS) is 12.6. The standard InChI is InChI=1S/C12H17N5S/c1-18-8-7-11(15-13)12-9-14-16-17(12)10-5-3-2-4-6-10/h2-6,9,11,15H,7-8,13H2,1H3. The summed E-state index contributed by atoms with van der Waals surface area (Å²) in [4.78, 5) is 0. The molecule has 18 heavy (non-hydrogen) atoms. The van der Waals surface area contributed by atoms with Gasteiger partial charge in [-0.3, -0.25) is 11.3 Å². The molecule has 0 bridgehead atoms. The van der Waals surface area contributed by atoms with E-state index in [9.17, 15) is 0 Å². The molecule has 1 heterocycles.